The van der Waals surface area contributed by atoms with Crippen molar-refractivity contribution < 1.29 is 13.2 Å². The lowest BCUT2D eigenvalue weighted by Crippen LogP contribution is -2.34. The highest BCUT2D eigenvalue weighted by Gasteiger charge is 2.31. The normalized spacial score (nSPS) is 24.9. The molecule has 23 heavy (non-hydrogen) atoms. The fourth-order valence-corrected chi connectivity index (χ4v) is 5.71. The van der Waals surface area contributed by atoms with Gasteiger partial charge in [-0.25, -0.2) is 8.42 Å². The van der Waals surface area contributed by atoms with Crippen LogP contribution in [0.1, 0.15) is 53.5 Å². The number of hydrogen-bond donors (Lipinski definition) is 0. The van der Waals surface area contributed by atoms with Crippen molar-refractivity contribution in [2.45, 2.75) is 45.6 Å². The van der Waals surface area contributed by atoms with E-state index >= 15 is 0 Å². The molecule has 1 unspecified atom stereocenters. The van der Waals surface area contributed by atoms with Crippen LogP contribution in [0.5, 0.6) is 0 Å². The molecule has 3 heterocycles. The van der Waals surface area contributed by atoms with E-state index in [1.165, 1.54) is 19.3 Å². The minimum Gasteiger partial charge on any atom is -0.344 e. The third-order valence-electron chi connectivity index (χ3n) is 5.17. The number of carbonyl (C=O) groups excluding carboxylic acids is 1. The van der Waals surface area contributed by atoms with Crippen LogP contribution in [0.4, 0.5) is 0 Å². The summed E-state index contributed by atoms with van der Waals surface area (Å²) < 4.78 is 25.6. The van der Waals surface area contributed by atoms with Crippen LogP contribution < -0.4 is 0 Å². The van der Waals surface area contributed by atoms with Gasteiger partial charge in [-0.05, 0) is 52.3 Å². The molecule has 0 N–H and O–H groups in total. The molecule has 5 nitrogen and oxygen atoms in total. The molecule has 2 fully saturated rings. The number of rotatable bonds is 4. The highest BCUT2D eigenvalue weighted by molar-refractivity contribution is 7.91. The summed E-state index contributed by atoms with van der Waals surface area (Å²) in [6.45, 7) is 6.40. The van der Waals surface area contributed by atoms with E-state index in [0.717, 1.165) is 30.0 Å². The lowest BCUT2D eigenvalue weighted by atomic mass is 10.1. The molecule has 3 rings (SSSR count). The number of aryl methyl sites for hydroxylation is 1. The summed E-state index contributed by atoms with van der Waals surface area (Å²) in [6.07, 6.45) is 4.26. The molecule has 1 aromatic heterocycles. The summed E-state index contributed by atoms with van der Waals surface area (Å²) in [5, 5.41) is 0. The molecular weight excluding hydrogens is 312 g/mol. The van der Waals surface area contributed by atoms with Gasteiger partial charge in [-0.15, -0.1) is 0 Å². The first-order chi connectivity index (χ1) is 10.9. The monoisotopic (exact) mass is 338 g/mol. The number of hydrogen-bond acceptors (Lipinski definition) is 4. The summed E-state index contributed by atoms with van der Waals surface area (Å²) in [5.41, 5.74) is 2.68. The van der Waals surface area contributed by atoms with E-state index in [4.69, 9.17) is 0 Å². The van der Waals surface area contributed by atoms with E-state index in [2.05, 4.69) is 9.47 Å². The maximum absolute atomic E-state index is 12.7. The molecule has 0 saturated carbocycles. The second kappa shape index (κ2) is 6.40. The zero-order chi connectivity index (χ0) is 16.6. The molecule has 128 valence electrons. The van der Waals surface area contributed by atoms with Gasteiger partial charge >= 0.3 is 0 Å². The summed E-state index contributed by atoms with van der Waals surface area (Å²) in [5.74, 6) is 0.613. The largest absolute Gasteiger partial charge is 0.344 e. The van der Waals surface area contributed by atoms with Gasteiger partial charge in [0.15, 0.2) is 15.6 Å². The number of likely N-dealkylation sites (tertiary alicyclic amines) is 1. The topological polar surface area (TPSA) is 59.4 Å². The van der Waals surface area contributed by atoms with Crippen LogP contribution in [0, 0.1) is 13.8 Å². The summed E-state index contributed by atoms with van der Waals surface area (Å²) in [4.78, 5) is 14.9. The molecule has 0 radical (unpaired) electrons. The van der Waals surface area contributed by atoms with E-state index in [1.54, 1.807) is 0 Å². The second-order valence-electron chi connectivity index (χ2n) is 6.97. The van der Waals surface area contributed by atoms with Gasteiger partial charge in [0.2, 0.25) is 0 Å². The fraction of sp³-hybridized carbons (Fsp3) is 0.706. The average molecular weight is 338 g/mol. The Bertz CT molecular complexity index is 700. The molecule has 0 amide bonds. The molecule has 2 aliphatic heterocycles. The van der Waals surface area contributed by atoms with E-state index in [-0.39, 0.29) is 23.3 Å². The van der Waals surface area contributed by atoms with Gasteiger partial charge in [-0.1, -0.05) is 6.42 Å². The number of piperidine rings is 1. The van der Waals surface area contributed by atoms with E-state index < -0.39 is 9.84 Å². The first-order valence-electron chi connectivity index (χ1n) is 8.52. The minimum atomic E-state index is -2.92. The molecular formula is C17H26N2O3S. The maximum atomic E-state index is 12.7. The first kappa shape index (κ1) is 16.7. The Balaban J connectivity index is 1.78. The van der Waals surface area contributed by atoms with Crippen LogP contribution in [0.3, 0.4) is 0 Å². The summed E-state index contributed by atoms with van der Waals surface area (Å²) in [6, 6.07) is 1.92. The van der Waals surface area contributed by atoms with Gasteiger partial charge in [-0.2, -0.15) is 0 Å². The van der Waals surface area contributed by atoms with E-state index in [0.29, 0.717) is 13.0 Å². The molecule has 6 heteroatoms. The van der Waals surface area contributed by atoms with Crippen molar-refractivity contribution in [3.8, 4) is 0 Å². The van der Waals surface area contributed by atoms with Crippen LogP contribution in [0.15, 0.2) is 6.07 Å². The Labute approximate surface area is 138 Å². The lowest BCUT2D eigenvalue weighted by molar-refractivity contribution is 0.0915. The predicted octanol–water partition coefficient (Wildman–Crippen LogP) is 2.13. The number of nitrogens with zero attached hydrogens (tertiary/aromatic N) is 2. The zero-order valence-electron chi connectivity index (χ0n) is 14.0. The number of aromatic nitrogens is 1. The SMILES string of the molecule is Cc1cc(C(=O)CN2CCCCC2)c(C)n1C1CCS(=O)(=O)C1. The third kappa shape index (κ3) is 3.53. The average Bonchev–Trinajstić information content (AvgIpc) is 2.99. The second-order valence-corrected chi connectivity index (χ2v) is 9.20. The minimum absolute atomic E-state index is 0.0171. The van der Waals surface area contributed by atoms with Crippen molar-refractivity contribution in [1.29, 1.82) is 0 Å². The van der Waals surface area contributed by atoms with Crippen molar-refractivity contribution in [2.75, 3.05) is 31.1 Å². The van der Waals surface area contributed by atoms with Crippen molar-refractivity contribution in [3.63, 3.8) is 0 Å². The Morgan fingerprint density at radius 3 is 2.52 bits per heavy atom. The summed E-state index contributed by atoms with van der Waals surface area (Å²) >= 11 is 0. The summed E-state index contributed by atoms with van der Waals surface area (Å²) in [7, 11) is -2.92. The van der Waals surface area contributed by atoms with Crippen LogP contribution in [-0.4, -0.2) is 54.8 Å². The molecule has 2 aliphatic rings. The van der Waals surface area contributed by atoms with E-state index in [1.807, 2.05) is 19.9 Å². The zero-order valence-corrected chi connectivity index (χ0v) is 14.9. The molecule has 0 bridgehead atoms. The first-order valence-corrected chi connectivity index (χ1v) is 10.3. The van der Waals surface area contributed by atoms with Gasteiger partial charge in [-0.3, -0.25) is 9.69 Å². The smallest absolute Gasteiger partial charge is 0.178 e. The van der Waals surface area contributed by atoms with Crippen LogP contribution in [0.25, 0.3) is 0 Å². The molecule has 0 aromatic carbocycles. The number of sulfone groups is 1. The van der Waals surface area contributed by atoms with Crippen LogP contribution in [0.2, 0.25) is 0 Å². The highest BCUT2D eigenvalue weighted by atomic mass is 32.2. The van der Waals surface area contributed by atoms with Crippen molar-refractivity contribution >= 4 is 15.6 Å². The number of Topliss-reactive ketones (excluding diaryl/α,β-unsaturated/α-hetero) is 1. The van der Waals surface area contributed by atoms with Gasteiger partial charge in [0.05, 0.1) is 18.1 Å². The lowest BCUT2D eigenvalue weighted by Gasteiger charge is -2.25. The van der Waals surface area contributed by atoms with Gasteiger partial charge < -0.3 is 4.57 Å². The van der Waals surface area contributed by atoms with Crippen LogP contribution >= 0.6 is 0 Å². The molecule has 0 aliphatic carbocycles. The molecule has 1 atom stereocenters. The fourth-order valence-electron chi connectivity index (χ4n) is 4.01. The Morgan fingerprint density at radius 1 is 1.22 bits per heavy atom. The third-order valence-corrected chi connectivity index (χ3v) is 6.92. The van der Waals surface area contributed by atoms with E-state index in [9.17, 15) is 13.2 Å². The van der Waals surface area contributed by atoms with Crippen molar-refractivity contribution in [2.24, 2.45) is 0 Å². The Kier molecular flexibility index (Phi) is 4.65. The van der Waals surface area contributed by atoms with Crippen LogP contribution in [-0.2, 0) is 9.84 Å². The quantitative estimate of drug-likeness (QED) is 0.789. The standard InChI is InChI=1S/C17H26N2O3S/c1-13-10-16(17(20)11-18-7-4-3-5-8-18)14(2)19(13)15-6-9-23(21,22)12-15/h10,15H,3-9,11-12H2,1-2H3. The Morgan fingerprint density at radius 2 is 1.91 bits per heavy atom. The van der Waals surface area contributed by atoms with Gasteiger partial charge in [0.1, 0.15) is 0 Å². The van der Waals surface area contributed by atoms with Crippen molar-refractivity contribution in [1.82, 2.24) is 9.47 Å². The molecule has 1 aromatic rings. The molecule has 2 saturated heterocycles. The predicted molar refractivity (Wildman–Crippen MR) is 90.8 cm³/mol. The maximum Gasteiger partial charge on any atom is 0.178 e. The molecule has 0 spiro atoms. The highest BCUT2D eigenvalue weighted by Crippen LogP contribution is 2.29. The Hall–Kier alpha value is -1.14. The number of ketones is 1. The van der Waals surface area contributed by atoms with Crippen molar-refractivity contribution in [3.05, 3.63) is 23.0 Å². The number of carbonyl (C=O) groups is 1. The van der Waals surface area contributed by atoms with Gasteiger partial charge in [0, 0.05) is 23.0 Å². The van der Waals surface area contributed by atoms with Gasteiger partial charge in [0.25, 0.3) is 0 Å².